The van der Waals surface area contributed by atoms with Crippen molar-refractivity contribution < 1.29 is 9.59 Å². The molecule has 24 heavy (non-hydrogen) atoms. The monoisotopic (exact) mass is 340 g/mol. The van der Waals surface area contributed by atoms with Crippen LogP contribution in [0.2, 0.25) is 0 Å². The zero-order valence-electron chi connectivity index (χ0n) is 13.9. The van der Waals surface area contributed by atoms with Gasteiger partial charge in [-0.05, 0) is 25.0 Å². The van der Waals surface area contributed by atoms with Crippen molar-refractivity contribution in [3.63, 3.8) is 0 Å². The summed E-state index contributed by atoms with van der Waals surface area (Å²) >= 11 is 1.60. The van der Waals surface area contributed by atoms with Crippen molar-refractivity contribution in [1.82, 2.24) is 0 Å². The first-order chi connectivity index (χ1) is 11.8. The Balaban J connectivity index is 1.50. The lowest BCUT2D eigenvalue weighted by atomic mass is 10.0. The van der Waals surface area contributed by atoms with Crippen LogP contribution in [0.5, 0.6) is 0 Å². The van der Waals surface area contributed by atoms with Crippen LogP contribution in [0.3, 0.4) is 0 Å². The minimum Gasteiger partial charge on any atom is -0.299 e. The molecule has 0 heterocycles. The molecule has 3 heteroatoms. The van der Waals surface area contributed by atoms with Gasteiger partial charge in [0.05, 0.1) is 5.75 Å². The van der Waals surface area contributed by atoms with E-state index in [0.29, 0.717) is 24.4 Å². The Morgan fingerprint density at radius 3 is 1.96 bits per heavy atom. The molecule has 0 aliphatic heterocycles. The van der Waals surface area contributed by atoms with Gasteiger partial charge in [0.1, 0.15) is 5.78 Å². The Hall–Kier alpha value is -1.87. The highest BCUT2D eigenvalue weighted by atomic mass is 32.2. The number of unbranched alkanes of at least 4 members (excludes halogenated alkanes) is 3. The van der Waals surface area contributed by atoms with E-state index in [1.165, 1.54) is 0 Å². The fraction of sp³-hybridized carbons (Fsp3) is 0.333. The van der Waals surface area contributed by atoms with E-state index in [4.69, 9.17) is 0 Å². The van der Waals surface area contributed by atoms with Crippen molar-refractivity contribution in [2.24, 2.45) is 0 Å². The van der Waals surface area contributed by atoms with Gasteiger partial charge in [0.2, 0.25) is 0 Å². The number of ketones is 2. The lowest BCUT2D eigenvalue weighted by Crippen LogP contribution is -2.01. The Morgan fingerprint density at radius 1 is 0.708 bits per heavy atom. The number of carbonyl (C=O) groups is 2. The van der Waals surface area contributed by atoms with Crippen molar-refractivity contribution >= 4 is 23.3 Å². The second-order valence-electron chi connectivity index (χ2n) is 5.84. The number of thioether (sulfide) groups is 1. The van der Waals surface area contributed by atoms with Crippen molar-refractivity contribution in [3.8, 4) is 0 Å². The molecule has 0 N–H and O–H groups in total. The molecular formula is C21H24O2S. The first kappa shape index (κ1) is 18.5. The lowest BCUT2D eigenvalue weighted by molar-refractivity contribution is -0.116. The van der Waals surface area contributed by atoms with Crippen molar-refractivity contribution in [1.29, 1.82) is 0 Å². The van der Waals surface area contributed by atoms with Crippen molar-refractivity contribution in [2.45, 2.75) is 43.4 Å². The molecule has 0 radical (unpaired) electrons. The molecule has 0 amide bonds. The molecule has 0 aliphatic rings. The molecule has 0 saturated heterocycles. The summed E-state index contributed by atoms with van der Waals surface area (Å²) in [4.78, 5) is 25.0. The van der Waals surface area contributed by atoms with Gasteiger partial charge in [-0.15, -0.1) is 11.8 Å². The average molecular weight is 340 g/mol. The highest BCUT2D eigenvalue weighted by Crippen LogP contribution is 2.18. The van der Waals surface area contributed by atoms with Gasteiger partial charge in [-0.25, -0.2) is 0 Å². The van der Waals surface area contributed by atoms with E-state index < -0.39 is 0 Å². The summed E-state index contributed by atoms with van der Waals surface area (Å²) in [5.41, 5.74) is 0.797. The van der Waals surface area contributed by atoms with Crippen LogP contribution in [0.15, 0.2) is 65.6 Å². The zero-order valence-corrected chi connectivity index (χ0v) is 14.8. The third-order valence-electron chi connectivity index (χ3n) is 3.85. The molecule has 0 saturated carbocycles. The van der Waals surface area contributed by atoms with E-state index in [1.807, 2.05) is 60.7 Å². The largest absolute Gasteiger partial charge is 0.299 e. The fourth-order valence-corrected chi connectivity index (χ4v) is 3.30. The lowest BCUT2D eigenvalue weighted by Gasteiger charge is -2.03. The van der Waals surface area contributed by atoms with Crippen LogP contribution in [-0.2, 0) is 4.79 Å². The van der Waals surface area contributed by atoms with E-state index in [1.54, 1.807) is 11.8 Å². The van der Waals surface area contributed by atoms with E-state index >= 15 is 0 Å². The number of hydrogen-bond acceptors (Lipinski definition) is 3. The van der Waals surface area contributed by atoms with Gasteiger partial charge >= 0.3 is 0 Å². The summed E-state index contributed by atoms with van der Waals surface area (Å²) in [6.45, 7) is 0. The van der Waals surface area contributed by atoms with Crippen LogP contribution in [0, 0.1) is 0 Å². The highest BCUT2D eigenvalue weighted by molar-refractivity contribution is 8.00. The highest BCUT2D eigenvalue weighted by Gasteiger charge is 2.05. The van der Waals surface area contributed by atoms with Gasteiger partial charge in [-0.1, -0.05) is 61.4 Å². The molecule has 2 aromatic rings. The van der Waals surface area contributed by atoms with Crippen LogP contribution in [0.1, 0.15) is 48.9 Å². The maximum atomic E-state index is 11.9. The molecule has 126 valence electrons. The van der Waals surface area contributed by atoms with Gasteiger partial charge in [0.15, 0.2) is 5.78 Å². The molecule has 0 aromatic heterocycles. The predicted octanol–water partition coefficient (Wildman–Crippen LogP) is 5.57. The molecular weight excluding hydrogens is 316 g/mol. The zero-order chi connectivity index (χ0) is 17.0. The summed E-state index contributed by atoms with van der Waals surface area (Å²) in [6.07, 6.45) is 5.10. The Labute approximate surface area is 148 Å². The van der Waals surface area contributed by atoms with Gasteiger partial charge in [-0.2, -0.15) is 0 Å². The SMILES string of the molecule is O=C(CCCCCCC(=O)c1ccccc1)CSc1ccccc1. The third kappa shape index (κ3) is 7.14. The fourth-order valence-electron chi connectivity index (χ4n) is 2.48. The van der Waals surface area contributed by atoms with Crippen molar-refractivity contribution in [2.75, 3.05) is 5.75 Å². The van der Waals surface area contributed by atoms with Crippen LogP contribution in [0.25, 0.3) is 0 Å². The maximum absolute atomic E-state index is 11.9. The average Bonchev–Trinajstić information content (AvgIpc) is 2.64. The van der Waals surface area contributed by atoms with Crippen LogP contribution < -0.4 is 0 Å². The molecule has 2 rings (SSSR count). The summed E-state index contributed by atoms with van der Waals surface area (Å²) in [5, 5.41) is 0. The second-order valence-corrected chi connectivity index (χ2v) is 6.89. The summed E-state index contributed by atoms with van der Waals surface area (Å²) in [7, 11) is 0. The first-order valence-electron chi connectivity index (χ1n) is 8.53. The molecule has 2 aromatic carbocycles. The maximum Gasteiger partial charge on any atom is 0.162 e. The Morgan fingerprint density at radius 2 is 1.29 bits per heavy atom. The quantitative estimate of drug-likeness (QED) is 0.304. The smallest absolute Gasteiger partial charge is 0.162 e. The molecule has 0 bridgehead atoms. The first-order valence-corrected chi connectivity index (χ1v) is 9.52. The van der Waals surface area contributed by atoms with Crippen LogP contribution >= 0.6 is 11.8 Å². The second kappa shape index (κ2) is 10.8. The number of hydrogen-bond donors (Lipinski definition) is 0. The van der Waals surface area contributed by atoms with Gasteiger partial charge < -0.3 is 0 Å². The Bertz CT molecular complexity index is 623. The minimum atomic E-state index is 0.214. The van der Waals surface area contributed by atoms with E-state index in [2.05, 4.69) is 0 Å². The number of rotatable bonds is 11. The molecule has 2 nitrogen and oxygen atoms in total. The van der Waals surface area contributed by atoms with Crippen LogP contribution in [-0.4, -0.2) is 17.3 Å². The summed E-state index contributed by atoms with van der Waals surface area (Å²) < 4.78 is 0. The normalized spacial score (nSPS) is 10.5. The molecule has 0 unspecified atom stereocenters. The number of carbonyl (C=O) groups excluding carboxylic acids is 2. The number of benzene rings is 2. The Kier molecular flexibility index (Phi) is 8.33. The summed E-state index contributed by atoms with van der Waals surface area (Å²) in [5.74, 6) is 1.08. The van der Waals surface area contributed by atoms with Gasteiger partial charge in [0, 0.05) is 23.3 Å². The molecule has 0 aliphatic carbocycles. The van der Waals surface area contributed by atoms with Crippen LogP contribution in [0.4, 0.5) is 0 Å². The number of Topliss-reactive ketones (excluding diaryl/α,β-unsaturated/α-hetero) is 2. The van der Waals surface area contributed by atoms with E-state index in [-0.39, 0.29) is 5.78 Å². The summed E-state index contributed by atoms with van der Waals surface area (Å²) in [6, 6.07) is 19.5. The van der Waals surface area contributed by atoms with Gasteiger partial charge in [0.25, 0.3) is 0 Å². The van der Waals surface area contributed by atoms with E-state index in [0.717, 1.165) is 36.1 Å². The van der Waals surface area contributed by atoms with Crippen molar-refractivity contribution in [3.05, 3.63) is 66.2 Å². The molecule has 0 fully saturated rings. The van der Waals surface area contributed by atoms with E-state index in [9.17, 15) is 9.59 Å². The standard InChI is InChI=1S/C21H24O2S/c22-19(17-24-20-14-8-4-9-15-20)13-7-1-2-10-16-21(23)18-11-5-3-6-12-18/h3-6,8-9,11-12,14-15H,1-2,7,10,13,16-17H2. The molecule has 0 spiro atoms. The van der Waals surface area contributed by atoms with Gasteiger partial charge in [-0.3, -0.25) is 9.59 Å². The predicted molar refractivity (Wildman–Crippen MR) is 101 cm³/mol. The third-order valence-corrected chi connectivity index (χ3v) is 4.92. The topological polar surface area (TPSA) is 34.1 Å². The molecule has 0 atom stereocenters. The minimum absolute atomic E-state index is 0.214.